The fourth-order valence-electron chi connectivity index (χ4n) is 5.23. The molecule has 9 nitrogen and oxygen atoms in total. The number of hydrogen-bond donors (Lipinski definition) is 0. The van der Waals surface area contributed by atoms with E-state index in [1.807, 2.05) is 58.2 Å². The minimum Gasteiger partial charge on any atom is -0.493 e. The minimum absolute atomic E-state index is 0.00230. The quantitative estimate of drug-likeness (QED) is 0.173. The Balaban J connectivity index is 1.49. The monoisotopic (exact) mass is 570 g/mol. The zero-order valence-electron chi connectivity index (χ0n) is 24.5. The second-order valence-electron chi connectivity index (χ2n) is 10.2. The van der Waals surface area contributed by atoms with Crippen LogP contribution in [0.25, 0.3) is 22.2 Å². The standard InChI is InChI=1S/C33H38N4O5/c1-5-18-40-29-21-34-20-26-31(35-37(32(26)29)24-10-9-17-36(22-24)30(38)7-3)23-13-15-25(16-14-23)42-28-12-8-11-27(39-4)33(28)41-19-6-2/h7-8,11-16,20-21,24H,3,5-6,9-10,17-19,22H2,1-2,4H3/t24-/m1/s1. The predicted molar refractivity (Wildman–Crippen MR) is 163 cm³/mol. The molecule has 0 aliphatic carbocycles. The summed E-state index contributed by atoms with van der Waals surface area (Å²) < 4.78 is 25.8. The van der Waals surface area contributed by atoms with Crippen LogP contribution in [0.15, 0.2) is 67.5 Å². The normalized spacial score (nSPS) is 14.9. The number of pyridine rings is 1. The van der Waals surface area contributed by atoms with Gasteiger partial charge in [-0.15, -0.1) is 0 Å². The van der Waals surface area contributed by atoms with E-state index in [4.69, 9.17) is 24.0 Å². The molecule has 1 saturated heterocycles. The maximum atomic E-state index is 12.4. The summed E-state index contributed by atoms with van der Waals surface area (Å²) in [7, 11) is 1.62. The summed E-state index contributed by atoms with van der Waals surface area (Å²) in [6.45, 7) is 10.2. The molecule has 1 fully saturated rings. The van der Waals surface area contributed by atoms with Crippen molar-refractivity contribution in [2.75, 3.05) is 33.4 Å². The summed E-state index contributed by atoms with van der Waals surface area (Å²) in [6.07, 6.45) is 8.50. The van der Waals surface area contributed by atoms with Crippen molar-refractivity contribution in [3.05, 3.63) is 67.5 Å². The van der Waals surface area contributed by atoms with E-state index in [9.17, 15) is 4.79 Å². The smallest absolute Gasteiger partial charge is 0.246 e. The number of para-hydroxylation sites is 1. The molecule has 0 radical (unpaired) electrons. The third-order valence-electron chi connectivity index (χ3n) is 7.24. The molecule has 0 unspecified atom stereocenters. The van der Waals surface area contributed by atoms with Crippen LogP contribution in [-0.4, -0.2) is 59.0 Å². The predicted octanol–water partition coefficient (Wildman–Crippen LogP) is 6.83. The fourth-order valence-corrected chi connectivity index (χ4v) is 5.23. The Morgan fingerprint density at radius 3 is 2.52 bits per heavy atom. The molecule has 0 saturated carbocycles. The molecular weight excluding hydrogens is 532 g/mol. The van der Waals surface area contributed by atoms with Gasteiger partial charge in [-0.25, -0.2) is 0 Å². The lowest BCUT2D eigenvalue weighted by Gasteiger charge is -2.32. The second-order valence-corrected chi connectivity index (χ2v) is 10.2. The molecule has 4 aromatic rings. The van der Waals surface area contributed by atoms with Crippen LogP contribution in [0.4, 0.5) is 0 Å². The first-order valence-electron chi connectivity index (χ1n) is 14.6. The number of piperidine rings is 1. The number of carbonyl (C=O) groups is 1. The van der Waals surface area contributed by atoms with Crippen LogP contribution in [0, 0.1) is 0 Å². The molecule has 1 amide bonds. The Hall–Kier alpha value is -4.53. The van der Waals surface area contributed by atoms with Gasteiger partial charge in [-0.05, 0) is 68.2 Å². The van der Waals surface area contributed by atoms with Crippen molar-refractivity contribution in [3.8, 4) is 40.0 Å². The van der Waals surface area contributed by atoms with Crippen molar-refractivity contribution in [3.63, 3.8) is 0 Å². The Kier molecular flexibility index (Phi) is 9.26. The van der Waals surface area contributed by atoms with E-state index in [0.29, 0.717) is 55.1 Å². The second kappa shape index (κ2) is 13.4. The topological polar surface area (TPSA) is 87.9 Å². The highest BCUT2D eigenvalue weighted by Gasteiger charge is 2.28. The lowest BCUT2D eigenvalue weighted by atomic mass is 10.1. The summed E-state index contributed by atoms with van der Waals surface area (Å²) in [6, 6.07) is 13.4. The first kappa shape index (κ1) is 29.0. The van der Waals surface area contributed by atoms with Gasteiger partial charge in [0.05, 0.1) is 37.9 Å². The average Bonchev–Trinajstić information content (AvgIpc) is 3.43. The van der Waals surface area contributed by atoms with Crippen molar-refractivity contribution in [2.45, 2.75) is 45.6 Å². The van der Waals surface area contributed by atoms with E-state index < -0.39 is 0 Å². The summed E-state index contributed by atoms with van der Waals surface area (Å²) in [5.74, 6) is 3.08. The zero-order chi connectivity index (χ0) is 29.5. The average molecular weight is 571 g/mol. The highest BCUT2D eigenvalue weighted by molar-refractivity contribution is 5.96. The van der Waals surface area contributed by atoms with Crippen molar-refractivity contribution in [2.24, 2.45) is 0 Å². The number of benzene rings is 2. The van der Waals surface area contributed by atoms with Gasteiger partial charge in [0.1, 0.15) is 17.0 Å². The lowest BCUT2D eigenvalue weighted by Crippen LogP contribution is -2.40. The van der Waals surface area contributed by atoms with E-state index in [0.717, 1.165) is 47.8 Å². The molecule has 1 aliphatic rings. The van der Waals surface area contributed by atoms with Crippen molar-refractivity contribution in [1.29, 1.82) is 0 Å². The molecule has 1 atom stereocenters. The number of methoxy groups -OCH3 is 1. The fraction of sp³-hybridized carbons (Fsp3) is 0.364. The van der Waals surface area contributed by atoms with Gasteiger partial charge in [0.2, 0.25) is 11.7 Å². The van der Waals surface area contributed by atoms with Crippen LogP contribution in [0.3, 0.4) is 0 Å². The van der Waals surface area contributed by atoms with Gasteiger partial charge >= 0.3 is 0 Å². The lowest BCUT2D eigenvalue weighted by molar-refractivity contribution is -0.127. The van der Waals surface area contributed by atoms with Crippen molar-refractivity contribution >= 4 is 16.8 Å². The Morgan fingerprint density at radius 2 is 1.79 bits per heavy atom. The van der Waals surface area contributed by atoms with Crippen LogP contribution in [0.5, 0.6) is 28.7 Å². The minimum atomic E-state index is -0.0598. The first-order chi connectivity index (χ1) is 20.6. The molecule has 2 aromatic carbocycles. The highest BCUT2D eigenvalue weighted by Crippen LogP contribution is 2.41. The van der Waals surface area contributed by atoms with Gasteiger partial charge in [0.15, 0.2) is 17.2 Å². The molecule has 9 heteroatoms. The van der Waals surface area contributed by atoms with Crippen LogP contribution in [0.1, 0.15) is 45.6 Å². The number of likely N-dealkylation sites (tertiary alicyclic amines) is 1. The van der Waals surface area contributed by atoms with Gasteiger partial charge in [-0.1, -0.05) is 26.5 Å². The number of aromatic nitrogens is 3. The number of hydrogen-bond acceptors (Lipinski definition) is 7. The highest BCUT2D eigenvalue weighted by atomic mass is 16.5. The molecule has 0 bridgehead atoms. The number of carbonyl (C=O) groups excluding carboxylic acids is 1. The number of amides is 1. The molecule has 2 aromatic heterocycles. The van der Waals surface area contributed by atoms with E-state index >= 15 is 0 Å². The van der Waals surface area contributed by atoms with E-state index in [-0.39, 0.29) is 11.9 Å². The Bertz CT molecular complexity index is 1530. The SMILES string of the molecule is C=CC(=O)N1CCC[C@@H](n2nc(-c3ccc(Oc4cccc(OC)c4OCCC)cc3)c3cncc(OCCC)c32)C1. The van der Waals surface area contributed by atoms with Crippen molar-refractivity contribution < 1.29 is 23.7 Å². The molecule has 0 N–H and O–H groups in total. The largest absolute Gasteiger partial charge is 0.493 e. The summed E-state index contributed by atoms with van der Waals surface area (Å²) in [5, 5.41) is 6.01. The molecule has 5 rings (SSSR count). The van der Waals surface area contributed by atoms with Crippen LogP contribution in [0.2, 0.25) is 0 Å². The molecule has 1 aliphatic heterocycles. The number of ether oxygens (including phenoxy) is 4. The van der Waals surface area contributed by atoms with Crippen LogP contribution in [-0.2, 0) is 4.79 Å². The van der Waals surface area contributed by atoms with Crippen molar-refractivity contribution in [1.82, 2.24) is 19.7 Å². The van der Waals surface area contributed by atoms with Gasteiger partial charge < -0.3 is 23.8 Å². The maximum absolute atomic E-state index is 12.4. The summed E-state index contributed by atoms with van der Waals surface area (Å²) in [5.41, 5.74) is 2.61. The molecule has 42 heavy (non-hydrogen) atoms. The Morgan fingerprint density at radius 1 is 1.02 bits per heavy atom. The molecule has 3 heterocycles. The number of nitrogens with zero attached hydrogens (tertiary/aromatic N) is 4. The zero-order valence-corrected chi connectivity index (χ0v) is 24.5. The summed E-state index contributed by atoms with van der Waals surface area (Å²) in [4.78, 5) is 18.8. The molecule has 220 valence electrons. The third kappa shape index (κ3) is 6.05. The maximum Gasteiger partial charge on any atom is 0.246 e. The molecule has 0 spiro atoms. The van der Waals surface area contributed by atoms with Gasteiger partial charge in [-0.2, -0.15) is 5.10 Å². The van der Waals surface area contributed by atoms with E-state index in [2.05, 4.69) is 25.4 Å². The van der Waals surface area contributed by atoms with E-state index in [1.54, 1.807) is 13.3 Å². The Labute approximate surface area is 246 Å². The van der Waals surface area contributed by atoms with Gasteiger partial charge in [0, 0.05) is 24.8 Å². The van der Waals surface area contributed by atoms with Gasteiger partial charge in [0.25, 0.3) is 0 Å². The third-order valence-corrected chi connectivity index (χ3v) is 7.24. The first-order valence-corrected chi connectivity index (χ1v) is 14.6. The van der Waals surface area contributed by atoms with Gasteiger partial charge in [-0.3, -0.25) is 14.5 Å². The van der Waals surface area contributed by atoms with Crippen LogP contribution < -0.4 is 18.9 Å². The summed E-state index contributed by atoms with van der Waals surface area (Å²) >= 11 is 0. The number of fused-ring (bicyclic) bond motifs is 1. The number of rotatable bonds is 12. The van der Waals surface area contributed by atoms with Crippen LogP contribution >= 0.6 is 0 Å². The molecular formula is C33H38N4O5. The van der Waals surface area contributed by atoms with E-state index in [1.165, 1.54) is 6.08 Å².